The second-order valence-corrected chi connectivity index (χ2v) is 5.04. The number of unbranched alkanes of at least 4 members (excludes halogenated alkanes) is 1. The topological polar surface area (TPSA) is 49.4 Å². The molecule has 0 spiro atoms. The molecule has 0 radical (unpaired) electrons. The van der Waals surface area contributed by atoms with Crippen molar-refractivity contribution in [3.8, 4) is 0 Å². The molecule has 0 aromatic rings. The minimum atomic E-state index is -0.570. The largest absolute Gasteiger partial charge is 0.342 e. The summed E-state index contributed by atoms with van der Waals surface area (Å²) in [5, 5.41) is 2.88. The third-order valence-electron chi connectivity index (χ3n) is 3.85. The molecule has 2 atom stereocenters. The molecule has 2 heterocycles. The lowest BCUT2D eigenvalue weighted by Gasteiger charge is -2.41. The van der Waals surface area contributed by atoms with E-state index >= 15 is 0 Å². The lowest BCUT2D eigenvalue weighted by Crippen LogP contribution is -2.67. The fraction of sp³-hybridized carbons (Fsp3) is 0.857. The maximum atomic E-state index is 12.2. The normalized spacial score (nSPS) is 30.4. The smallest absolute Gasteiger partial charge is 0.246 e. The molecule has 4 heteroatoms. The Morgan fingerprint density at radius 3 is 2.67 bits per heavy atom. The van der Waals surface area contributed by atoms with E-state index < -0.39 is 5.54 Å². The van der Waals surface area contributed by atoms with Crippen molar-refractivity contribution in [2.45, 2.75) is 71.4 Å². The summed E-state index contributed by atoms with van der Waals surface area (Å²) in [4.78, 5) is 26.0. The highest BCUT2D eigenvalue weighted by Crippen LogP contribution is 2.33. The molecule has 104 valence electrons. The molecule has 0 aliphatic carbocycles. The molecule has 0 aromatic heterocycles. The molecule has 2 aliphatic rings. The number of amides is 2. The van der Waals surface area contributed by atoms with Crippen LogP contribution < -0.4 is 5.32 Å². The number of piperazine rings is 1. The van der Waals surface area contributed by atoms with Gasteiger partial charge >= 0.3 is 0 Å². The molecule has 2 saturated heterocycles. The molecule has 0 bridgehead atoms. The van der Waals surface area contributed by atoms with Crippen LogP contribution in [0.4, 0.5) is 0 Å². The van der Waals surface area contributed by atoms with Crippen LogP contribution in [0.5, 0.6) is 0 Å². The average molecular weight is 254 g/mol. The predicted molar refractivity (Wildman–Crippen MR) is 72.2 cm³/mol. The summed E-state index contributed by atoms with van der Waals surface area (Å²) in [5.41, 5.74) is -0.570. The van der Waals surface area contributed by atoms with Gasteiger partial charge in [-0.3, -0.25) is 9.59 Å². The van der Waals surface area contributed by atoms with Crippen molar-refractivity contribution in [3.63, 3.8) is 0 Å². The predicted octanol–water partition coefficient (Wildman–Crippen LogP) is 2.08. The van der Waals surface area contributed by atoms with Crippen LogP contribution in [-0.2, 0) is 9.59 Å². The van der Waals surface area contributed by atoms with Gasteiger partial charge in [-0.1, -0.05) is 33.6 Å². The van der Waals surface area contributed by atoms with Gasteiger partial charge < -0.3 is 10.2 Å². The van der Waals surface area contributed by atoms with Crippen molar-refractivity contribution in [2.75, 3.05) is 6.54 Å². The van der Waals surface area contributed by atoms with Gasteiger partial charge in [0.05, 0.1) is 0 Å². The molecule has 1 N–H and O–H groups in total. The Labute approximate surface area is 110 Å². The maximum Gasteiger partial charge on any atom is 0.246 e. The van der Waals surface area contributed by atoms with E-state index in [4.69, 9.17) is 0 Å². The van der Waals surface area contributed by atoms with E-state index in [0.29, 0.717) is 0 Å². The number of nitrogens with zero attached hydrogens (tertiary/aromatic N) is 1. The highest BCUT2D eigenvalue weighted by molar-refractivity contribution is 6.00. The fourth-order valence-corrected chi connectivity index (χ4v) is 2.72. The van der Waals surface area contributed by atoms with Gasteiger partial charge in [0.25, 0.3) is 0 Å². The summed E-state index contributed by atoms with van der Waals surface area (Å²) in [6, 6.07) is -0.279. The van der Waals surface area contributed by atoms with Crippen LogP contribution in [-0.4, -0.2) is 34.8 Å². The van der Waals surface area contributed by atoms with E-state index in [-0.39, 0.29) is 17.9 Å². The molecule has 4 nitrogen and oxygen atoms in total. The molecular formula is C14H26N2O2. The number of fused-ring (bicyclic) bond motifs is 1. The minimum Gasteiger partial charge on any atom is -0.342 e. The van der Waals surface area contributed by atoms with Crippen molar-refractivity contribution in [1.29, 1.82) is 0 Å². The lowest BCUT2D eigenvalue weighted by atomic mass is 9.92. The fourth-order valence-electron chi connectivity index (χ4n) is 2.72. The van der Waals surface area contributed by atoms with Gasteiger partial charge in [-0.25, -0.2) is 0 Å². The molecular weight excluding hydrogens is 228 g/mol. The number of carbonyl (C=O) groups excluding carboxylic acids is 2. The summed E-state index contributed by atoms with van der Waals surface area (Å²) >= 11 is 0. The van der Waals surface area contributed by atoms with E-state index in [9.17, 15) is 9.59 Å². The minimum absolute atomic E-state index is 0.0331. The number of nitrogens with one attached hydrogen (secondary N) is 1. The molecule has 2 amide bonds. The third-order valence-corrected chi connectivity index (χ3v) is 3.85. The first-order valence-electron chi connectivity index (χ1n) is 7.22. The Kier molecular flexibility index (Phi) is 5.17. The van der Waals surface area contributed by atoms with Gasteiger partial charge in [-0.2, -0.15) is 0 Å². The first-order valence-corrected chi connectivity index (χ1v) is 7.22. The zero-order valence-corrected chi connectivity index (χ0v) is 12.1. The van der Waals surface area contributed by atoms with E-state index in [0.717, 1.165) is 38.6 Å². The molecule has 0 saturated carbocycles. The highest BCUT2D eigenvalue weighted by Gasteiger charge is 2.51. The van der Waals surface area contributed by atoms with Crippen molar-refractivity contribution in [1.82, 2.24) is 10.2 Å². The van der Waals surface area contributed by atoms with Gasteiger partial charge in [-0.15, -0.1) is 0 Å². The Balaban J connectivity index is 0.000000771. The van der Waals surface area contributed by atoms with Gasteiger partial charge in [-0.05, 0) is 26.2 Å². The van der Waals surface area contributed by atoms with Crippen molar-refractivity contribution < 1.29 is 9.59 Å². The van der Waals surface area contributed by atoms with Crippen LogP contribution in [0.2, 0.25) is 0 Å². The standard InChI is InChI=1S/C12H20N2O2.C2H6/c1-3-4-6-9-10(15)14-8-5-7-12(14,2)11(16)13-9;1-2/h9H,3-8H2,1-2H3,(H,13,16);1-2H3/t9?,12-;/m0./s1. The average Bonchev–Trinajstić information content (AvgIpc) is 2.79. The van der Waals surface area contributed by atoms with Gasteiger partial charge in [0, 0.05) is 6.54 Å². The molecule has 0 aromatic carbocycles. The summed E-state index contributed by atoms with van der Waals surface area (Å²) in [6.45, 7) is 8.71. The van der Waals surface area contributed by atoms with Crippen LogP contribution in [0.3, 0.4) is 0 Å². The molecule has 2 rings (SSSR count). The molecule has 2 fully saturated rings. The zero-order chi connectivity index (χ0) is 13.8. The molecule has 1 unspecified atom stereocenters. The van der Waals surface area contributed by atoms with Crippen LogP contribution in [0.25, 0.3) is 0 Å². The van der Waals surface area contributed by atoms with Gasteiger partial charge in [0.1, 0.15) is 11.6 Å². The van der Waals surface area contributed by atoms with E-state index in [1.165, 1.54) is 0 Å². The number of hydrogen-bond acceptors (Lipinski definition) is 2. The first kappa shape index (κ1) is 15.0. The van der Waals surface area contributed by atoms with Gasteiger partial charge in [0.2, 0.25) is 11.8 Å². The monoisotopic (exact) mass is 254 g/mol. The SMILES string of the molecule is CC.CCCCC1NC(=O)[C@]2(C)CCCN2C1=O. The van der Waals surface area contributed by atoms with E-state index in [1.54, 1.807) is 4.90 Å². The summed E-state index contributed by atoms with van der Waals surface area (Å²) < 4.78 is 0. The highest BCUT2D eigenvalue weighted by atomic mass is 16.2. The van der Waals surface area contributed by atoms with Crippen LogP contribution in [0, 0.1) is 0 Å². The summed E-state index contributed by atoms with van der Waals surface area (Å²) in [5.74, 6) is 0.152. The Morgan fingerprint density at radius 2 is 2.06 bits per heavy atom. The van der Waals surface area contributed by atoms with Gasteiger partial charge in [0.15, 0.2) is 0 Å². The van der Waals surface area contributed by atoms with Crippen LogP contribution >= 0.6 is 0 Å². The zero-order valence-electron chi connectivity index (χ0n) is 12.1. The Hall–Kier alpha value is -1.06. The first-order chi connectivity index (χ1) is 8.59. The number of carbonyl (C=O) groups is 2. The van der Waals surface area contributed by atoms with Crippen molar-refractivity contribution in [2.24, 2.45) is 0 Å². The Morgan fingerprint density at radius 1 is 1.39 bits per heavy atom. The second-order valence-electron chi connectivity index (χ2n) is 5.04. The van der Waals surface area contributed by atoms with E-state index in [2.05, 4.69) is 12.2 Å². The van der Waals surface area contributed by atoms with Crippen molar-refractivity contribution in [3.05, 3.63) is 0 Å². The quantitative estimate of drug-likeness (QED) is 0.838. The van der Waals surface area contributed by atoms with Crippen molar-refractivity contribution >= 4 is 11.8 Å². The summed E-state index contributed by atoms with van der Waals surface area (Å²) in [7, 11) is 0. The number of rotatable bonds is 3. The number of hydrogen-bond donors (Lipinski definition) is 1. The lowest BCUT2D eigenvalue weighted by molar-refractivity contribution is -0.153. The van der Waals surface area contributed by atoms with Crippen LogP contribution in [0.15, 0.2) is 0 Å². The third kappa shape index (κ3) is 2.52. The molecule has 2 aliphatic heterocycles. The Bertz CT molecular complexity index is 317. The van der Waals surface area contributed by atoms with Crippen LogP contribution in [0.1, 0.15) is 59.8 Å². The maximum absolute atomic E-state index is 12.2. The molecule has 18 heavy (non-hydrogen) atoms. The summed E-state index contributed by atoms with van der Waals surface area (Å²) in [6.07, 6.45) is 4.55. The van der Waals surface area contributed by atoms with E-state index in [1.807, 2.05) is 20.8 Å². The second kappa shape index (κ2) is 6.21.